The first kappa shape index (κ1) is 43.0. The topological polar surface area (TPSA) is 224 Å². The SMILES string of the molecule is CC(=O)O[C@@]12CO[C@@H]1C[C@H](O)[C@@]1(C)C(=O)[C@H](O)C3=C(C)[C@@H](OC(=O)[C@H](O)[C@H](C=C(C)C)NC(=O)OC(C)(C)C)C[C@@](O)([C@@H](OC(=O)c4ccccc4)C12)C3(C)C. The summed E-state index contributed by atoms with van der Waals surface area (Å²) in [5.74, 6) is -5.33. The minimum absolute atomic E-state index is 0.0579. The highest BCUT2D eigenvalue weighted by Gasteiger charge is 2.78. The number of fused-ring (bicyclic) bond motifs is 5. The second-order valence-electron chi connectivity index (χ2n) is 17.5. The summed E-state index contributed by atoms with van der Waals surface area (Å²) in [7, 11) is 0. The summed E-state index contributed by atoms with van der Waals surface area (Å²) in [6.07, 6.45) is -9.92. The van der Waals surface area contributed by atoms with E-state index >= 15 is 0 Å². The first-order valence-electron chi connectivity index (χ1n) is 18.8. The lowest BCUT2D eigenvalue weighted by Gasteiger charge is -2.67. The van der Waals surface area contributed by atoms with Crippen LogP contribution in [0, 0.1) is 16.7 Å². The van der Waals surface area contributed by atoms with Crippen LogP contribution in [0.15, 0.2) is 53.1 Å². The molecular formula is C41H55NO14. The van der Waals surface area contributed by atoms with Crippen LogP contribution in [0.3, 0.4) is 0 Å². The van der Waals surface area contributed by atoms with Gasteiger partial charge in [0.1, 0.15) is 35.6 Å². The molecule has 1 aromatic carbocycles. The number of carbonyl (C=O) groups excluding carboxylic acids is 5. The molecule has 1 aromatic rings. The molecule has 4 aliphatic rings. The van der Waals surface area contributed by atoms with Gasteiger partial charge in [-0.3, -0.25) is 9.59 Å². The van der Waals surface area contributed by atoms with E-state index in [9.17, 15) is 44.4 Å². The third-order valence-electron chi connectivity index (χ3n) is 12.0. The van der Waals surface area contributed by atoms with E-state index in [1.165, 1.54) is 32.1 Å². The monoisotopic (exact) mass is 785 g/mol. The van der Waals surface area contributed by atoms with Crippen molar-refractivity contribution in [3.05, 3.63) is 58.7 Å². The first-order chi connectivity index (χ1) is 25.8. The van der Waals surface area contributed by atoms with Crippen molar-refractivity contribution in [1.29, 1.82) is 0 Å². The lowest BCUT2D eigenvalue weighted by molar-refractivity contribution is -0.346. The zero-order valence-corrected chi connectivity index (χ0v) is 33.6. The molecule has 1 amide bonds. The van der Waals surface area contributed by atoms with Crippen LogP contribution >= 0.6 is 0 Å². The number of carbonyl (C=O) groups is 5. The standard InChI is InChI=1S/C41H55NO14/c1-20(2)16-24(42-36(50)56-37(5,6)7)29(45)35(49)53-25-18-41(51)33(54-34(48)23-14-12-11-13-15-23)31-39(10,32(47)30(46)28(21(25)3)38(41,8)9)26(44)17-27-40(31,19-52-27)55-22(4)43/h11-16,24-27,29-31,33,44-46,51H,17-19H2,1-10H3,(H,42,50)/t24-,25-,26-,27+,29+,30+,31?,33-,39+,40-,41+/m0/s1. The van der Waals surface area contributed by atoms with E-state index in [2.05, 4.69) is 5.32 Å². The number of allylic oxidation sites excluding steroid dienone is 1. The van der Waals surface area contributed by atoms with E-state index in [0.717, 1.165) is 6.92 Å². The molecule has 0 aromatic heterocycles. The largest absolute Gasteiger partial charge is 0.456 e. The van der Waals surface area contributed by atoms with E-state index in [1.807, 2.05) is 0 Å². The maximum Gasteiger partial charge on any atom is 0.408 e. The maximum atomic E-state index is 14.9. The van der Waals surface area contributed by atoms with Gasteiger partial charge in [0.15, 0.2) is 17.5 Å². The minimum atomic E-state index is -2.34. The lowest BCUT2D eigenvalue weighted by Crippen LogP contribution is -2.81. The Balaban J connectivity index is 1.67. The molecule has 308 valence electrons. The van der Waals surface area contributed by atoms with Gasteiger partial charge in [-0.05, 0) is 71.7 Å². The Morgan fingerprint density at radius 3 is 2.18 bits per heavy atom. The fraction of sp³-hybridized carbons (Fsp3) is 0.634. The molecule has 1 saturated heterocycles. The number of ketones is 1. The second-order valence-corrected chi connectivity index (χ2v) is 17.5. The van der Waals surface area contributed by atoms with Crippen molar-refractivity contribution in [2.75, 3.05) is 6.61 Å². The van der Waals surface area contributed by atoms with Crippen LogP contribution in [0.2, 0.25) is 0 Å². The number of hydrogen-bond donors (Lipinski definition) is 5. The first-order valence-corrected chi connectivity index (χ1v) is 18.8. The molecule has 11 atom stereocenters. The van der Waals surface area contributed by atoms with Gasteiger partial charge in [0.05, 0.1) is 35.6 Å². The van der Waals surface area contributed by atoms with Crippen LogP contribution in [0.5, 0.6) is 0 Å². The third kappa shape index (κ3) is 7.28. The van der Waals surface area contributed by atoms with Gasteiger partial charge in [-0.1, -0.05) is 43.7 Å². The van der Waals surface area contributed by atoms with E-state index in [0.29, 0.717) is 5.57 Å². The molecule has 0 radical (unpaired) electrons. The molecule has 5 rings (SSSR count). The minimum Gasteiger partial charge on any atom is -0.456 e. The van der Waals surface area contributed by atoms with E-state index < -0.39 is 112 Å². The highest BCUT2D eigenvalue weighted by molar-refractivity contribution is 5.94. The van der Waals surface area contributed by atoms with Crippen molar-refractivity contribution in [3.8, 4) is 0 Å². The number of ether oxygens (including phenoxy) is 5. The van der Waals surface area contributed by atoms with Crippen molar-refractivity contribution in [3.63, 3.8) is 0 Å². The number of aliphatic hydroxyl groups excluding tert-OH is 3. The Hall–Kier alpha value is -4.15. The number of amides is 1. The van der Waals surface area contributed by atoms with Gasteiger partial charge in [-0.15, -0.1) is 0 Å². The van der Waals surface area contributed by atoms with Crippen LogP contribution < -0.4 is 5.32 Å². The van der Waals surface area contributed by atoms with Gasteiger partial charge >= 0.3 is 24.0 Å². The molecular weight excluding hydrogens is 730 g/mol. The summed E-state index contributed by atoms with van der Waals surface area (Å²) in [5, 5.41) is 51.1. The van der Waals surface area contributed by atoms with E-state index in [1.54, 1.807) is 66.7 Å². The molecule has 5 N–H and O–H groups in total. The van der Waals surface area contributed by atoms with E-state index in [4.69, 9.17) is 23.7 Å². The molecule has 1 unspecified atom stereocenters. The van der Waals surface area contributed by atoms with Gasteiger partial charge in [0.25, 0.3) is 0 Å². The smallest absolute Gasteiger partial charge is 0.408 e. The van der Waals surface area contributed by atoms with Crippen LogP contribution in [0.4, 0.5) is 4.79 Å². The number of hydrogen-bond acceptors (Lipinski definition) is 14. The normalized spacial score (nSPS) is 34.4. The molecule has 56 heavy (non-hydrogen) atoms. The number of rotatable bonds is 8. The number of alkyl carbamates (subject to hydrolysis) is 1. The van der Waals surface area contributed by atoms with Crippen LogP contribution in [-0.2, 0) is 38.1 Å². The number of esters is 3. The zero-order valence-electron chi connectivity index (χ0n) is 33.6. The maximum absolute atomic E-state index is 14.9. The Morgan fingerprint density at radius 2 is 1.64 bits per heavy atom. The predicted molar refractivity (Wildman–Crippen MR) is 198 cm³/mol. The highest BCUT2D eigenvalue weighted by atomic mass is 16.6. The molecule has 15 heteroatoms. The second kappa shape index (κ2) is 15.0. The molecule has 2 saturated carbocycles. The number of nitrogens with one attached hydrogen (secondary N) is 1. The van der Waals surface area contributed by atoms with Gasteiger partial charge in [-0.2, -0.15) is 0 Å². The van der Waals surface area contributed by atoms with Crippen molar-refractivity contribution in [2.45, 2.75) is 142 Å². The fourth-order valence-electron chi connectivity index (χ4n) is 9.15. The molecule has 3 aliphatic carbocycles. The fourth-order valence-corrected chi connectivity index (χ4v) is 9.15. The van der Waals surface area contributed by atoms with Gasteiger partial charge in [0.2, 0.25) is 0 Å². The molecule has 1 heterocycles. The number of Topliss-reactive ketones (excluding diaryl/α,β-unsaturated/α-hetero) is 1. The Kier molecular flexibility index (Phi) is 11.5. The molecule has 1 aliphatic heterocycles. The van der Waals surface area contributed by atoms with Crippen molar-refractivity contribution in [2.24, 2.45) is 16.7 Å². The van der Waals surface area contributed by atoms with Crippen molar-refractivity contribution in [1.82, 2.24) is 5.32 Å². The Labute approximate surface area is 326 Å². The van der Waals surface area contributed by atoms with Crippen LogP contribution in [0.25, 0.3) is 0 Å². The average molecular weight is 786 g/mol. The molecule has 2 bridgehead atoms. The Bertz CT molecular complexity index is 1810. The summed E-state index contributed by atoms with van der Waals surface area (Å²) in [6.45, 7) is 15.2. The lowest BCUT2D eigenvalue weighted by atomic mass is 9.44. The Morgan fingerprint density at radius 1 is 1.02 bits per heavy atom. The van der Waals surface area contributed by atoms with Crippen molar-refractivity contribution >= 4 is 29.8 Å². The molecule has 3 fully saturated rings. The van der Waals surface area contributed by atoms with Gasteiger partial charge in [-0.25, -0.2) is 14.4 Å². The summed E-state index contributed by atoms with van der Waals surface area (Å²) >= 11 is 0. The quantitative estimate of drug-likeness (QED) is 0.145. The summed E-state index contributed by atoms with van der Waals surface area (Å²) in [6, 6.07) is 6.53. The zero-order chi connectivity index (χ0) is 41.9. The summed E-state index contributed by atoms with van der Waals surface area (Å²) in [5.41, 5.74) is -7.75. The number of benzene rings is 1. The molecule has 15 nitrogen and oxygen atoms in total. The summed E-state index contributed by atoms with van der Waals surface area (Å²) in [4.78, 5) is 68.3. The van der Waals surface area contributed by atoms with Gasteiger partial charge in [0, 0.05) is 25.2 Å². The summed E-state index contributed by atoms with van der Waals surface area (Å²) < 4.78 is 29.3. The van der Waals surface area contributed by atoms with Crippen molar-refractivity contribution < 1.29 is 68.1 Å². The molecule has 0 spiro atoms. The third-order valence-corrected chi connectivity index (χ3v) is 12.0. The highest BCUT2D eigenvalue weighted by Crippen LogP contribution is 2.64. The number of aliphatic hydroxyl groups is 4. The average Bonchev–Trinajstić information content (AvgIpc) is 3.08. The van der Waals surface area contributed by atoms with Crippen LogP contribution in [-0.4, -0.2) is 116 Å². The van der Waals surface area contributed by atoms with E-state index in [-0.39, 0.29) is 29.7 Å². The predicted octanol–water partition coefficient (Wildman–Crippen LogP) is 2.85. The van der Waals surface area contributed by atoms with Crippen LogP contribution in [0.1, 0.15) is 92.4 Å². The van der Waals surface area contributed by atoms with Gasteiger partial charge < -0.3 is 49.4 Å².